The summed E-state index contributed by atoms with van der Waals surface area (Å²) in [5.74, 6) is 1.30. The molecule has 0 amide bonds. The number of rotatable bonds is 6. The third kappa shape index (κ3) is 3.83. The quantitative estimate of drug-likeness (QED) is 0.753. The summed E-state index contributed by atoms with van der Waals surface area (Å²) in [7, 11) is 1.66. The summed E-state index contributed by atoms with van der Waals surface area (Å²) >= 11 is 0. The lowest BCUT2D eigenvalue weighted by Crippen LogP contribution is -2.16. The molecule has 0 fully saturated rings. The Kier molecular flexibility index (Phi) is 5.29. The van der Waals surface area contributed by atoms with Gasteiger partial charge >= 0.3 is 0 Å². The fourth-order valence-electron chi connectivity index (χ4n) is 1.41. The summed E-state index contributed by atoms with van der Waals surface area (Å²) in [4.78, 5) is 0. The van der Waals surface area contributed by atoms with Crippen molar-refractivity contribution >= 4 is 0 Å². The Bertz CT molecular complexity index is 295. The van der Waals surface area contributed by atoms with Crippen LogP contribution in [0.25, 0.3) is 0 Å². The molecule has 3 nitrogen and oxygen atoms in total. The molecule has 0 spiro atoms. The molecule has 0 aliphatic rings. The van der Waals surface area contributed by atoms with E-state index in [1.54, 1.807) is 7.11 Å². The first kappa shape index (κ1) is 13.0. The summed E-state index contributed by atoms with van der Waals surface area (Å²) in [6, 6.07) is 8.04. The van der Waals surface area contributed by atoms with Crippen molar-refractivity contribution in [3.8, 4) is 5.75 Å². The van der Waals surface area contributed by atoms with E-state index >= 15 is 0 Å². The van der Waals surface area contributed by atoms with Gasteiger partial charge in [-0.2, -0.15) is 0 Å². The zero-order valence-corrected chi connectivity index (χ0v) is 10.3. The minimum absolute atomic E-state index is 0.0908. The van der Waals surface area contributed by atoms with Gasteiger partial charge in [-0.05, 0) is 23.6 Å². The standard InChI is InChI=1S/C13H21NO2/c1-10(2)13(14)11-4-6-12(7-5-11)16-9-8-15-3/h4-7,10,13H,8-9,14H2,1-3H3. The molecular formula is C13H21NO2. The second-order valence-corrected chi connectivity index (χ2v) is 4.18. The molecule has 0 aromatic heterocycles. The fourth-order valence-corrected chi connectivity index (χ4v) is 1.41. The molecule has 16 heavy (non-hydrogen) atoms. The van der Waals surface area contributed by atoms with Gasteiger partial charge < -0.3 is 15.2 Å². The van der Waals surface area contributed by atoms with Gasteiger partial charge in [-0.1, -0.05) is 26.0 Å². The van der Waals surface area contributed by atoms with Crippen LogP contribution in [0.1, 0.15) is 25.5 Å². The highest BCUT2D eigenvalue weighted by molar-refractivity contribution is 5.29. The Morgan fingerprint density at radius 3 is 2.25 bits per heavy atom. The number of hydrogen-bond donors (Lipinski definition) is 1. The van der Waals surface area contributed by atoms with Gasteiger partial charge in [0.1, 0.15) is 12.4 Å². The Balaban J connectivity index is 2.54. The highest BCUT2D eigenvalue weighted by Gasteiger charge is 2.09. The number of ether oxygens (including phenoxy) is 2. The maximum atomic E-state index is 6.05. The van der Waals surface area contributed by atoms with E-state index in [4.69, 9.17) is 15.2 Å². The van der Waals surface area contributed by atoms with Crippen LogP contribution in [-0.4, -0.2) is 20.3 Å². The predicted molar refractivity (Wildman–Crippen MR) is 65.6 cm³/mol. The second-order valence-electron chi connectivity index (χ2n) is 4.18. The lowest BCUT2D eigenvalue weighted by molar-refractivity contribution is 0.146. The molecule has 0 aliphatic heterocycles. The van der Waals surface area contributed by atoms with E-state index < -0.39 is 0 Å². The second kappa shape index (κ2) is 6.51. The van der Waals surface area contributed by atoms with Gasteiger partial charge in [0.25, 0.3) is 0 Å². The zero-order chi connectivity index (χ0) is 12.0. The maximum Gasteiger partial charge on any atom is 0.119 e. The lowest BCUT2D eigenvalue weighted by Gasteiger charge is -2.16. The van der Waals surface area contributed by atoms with E-state index in [-0.39, 0.29) is 6.04 Å². The minimum Gasteiger partial charge on any atom is -0.491 e. The van der Waals surface area contributed by atoms with Gasteiger partial charge in [-0.25, -0.2) is 0 Å². The van der Waals surface area contributed by atoms with Gasteiger partial charge in [-0.15, -0.1) is 0 Å². The minimum atomic E-state index is 0.0908. The third-order valence-electron chi connectivity index (χ3n) is 2.54. The van der Waals surface area contributed by atoms with E-state index in [9.17, 15) is 0 Å². The van der Waals surface area contributed by atoms with Crippen molar-refractivity contribution in [3.63, 3.8) is 0 Å². The highest BCUT2D eigenvalue weighted by atomic mass is 16.5. The first-order chi connectivity index (χ1) is 7.65. The Morgan fingerprint density at radius 2 is 1.75 bits per heavy atom. The number of nitrogens with two attached hydrogens (primary N) is 1. The Labute approximate surface area is 97.6 Å². The monoisotopic (exact) mass is 223 g/mol. The predicted octanol–water partition coefficient (Wildman–Crippen LogP) is 2.37. The maximum absolute atomic E-state index is 6.05. The molecule has 1 atom stereocenters. The van der Waals surface area contributed by atoms with E-state index in [2.05, 4.69) is 13.8 Å². The SMILES string of the molecule is COCCOc1ccc(C(N)C(C)C)cc1. The summed E-state index contributed by atoms with van der Waals surface area (Å²) in [5.41, 5.74) is 7.20. The van der Waals surface area contributed by atoms with Crippen molar-refractivity contribution in [2.24, 2.45) is 11.7 Å². The Hall–Kier alpha value is -1.06. The summed E-state index contributed by atoms with van der Waals surface area (Å²) < 4.78 is 10.4. The molecule has 0 saturated heterocycles. The molecule has 0 saturated carbocycles. The van der Waals surface area contributed by atoms with E-state index in [0.717, 1.165) is 11.3 Å². The first-order valence-electron chi connectivity index (χ1n) is 5.62. The summed E-state index contributed by atoms with van der Waals surface area (Å²) in [6.07, 6.45) is 0. The van der Waals surface area contributed by atoms with Gasteiger partial charge in [0, 0.05) is 13.2 Å². The van der Waals surface area contributed by atoms with E-state index in [0.29, 0.717) is 19.1 Å². The molecular weight excluding hydrogens is 202 g/mol. The molecule has 90 valence electrons. The molecule has 0 aliphatic carbocycles. The molecule has 0 heterocycles. The van der Waals surface area contributed by atoms with E-state index in [1.165, 1.54) is 0 Å². The lowest BCUT2D eigenvalue weighted by atomic mass is 9.97. The molecule has 2 N–H and O–H groups in total. The average Bonchev–Trinajstić information content (AvgIpc) is 2.29. The van der Waals surface area contributed by atoms with Crippen molar-refractivity contribution in [1.29, 1.82) is 0 Å². The topological polar surface area (TPSA) is 44.5 Å². The Morgan fingerprint density at radius 1 is 1.12 bits per heavy atom. The van der Waals surface area contributed by atoms with Gasteiger partial charge in [0.2, 0.25) is 0 Å². The number of benzene rings is 1. The third-order valence-corrected chi connectivity index (χ3v) is 2.54. The smallest absolute Gasteiger partial charge is 0.119 e. The number of methoxy groups -OCH3 is 1. The van der Waals surface area contributed by atoms with Crippen LogP contribution in [0.2, 0.25) is 0 Å². The molecule has 1 aromatic carbocycles. The van der Waals surface area contributed by atoms with Crippen molar-refractivity contribution in [3.05, 3.63) is 29.8 Å². The average molecular weight is 223 g/mol. The van der Waals surface area contributed by atoms with Crippen LogP contribution in [0.15, 0.2) is 24.3 Å². The molecule has 3 heteroatoms. The van der Waals surface area contributed by atoms with Gasteiger partial charge in [-0.3, -0.25) is 0 Å². The van der Waals surface area contributed by atoms with E-state index in [1.807, 2.05) is 24.3 Å². The summed E-state index contributed by atoms with van der Waals surface area (Å²) in [5, 5.41) is 0. The fraction of sp³-hybridized carbons (Fsp3) is 0.538. The number of hydrogen-bond acceptors (Lipinski definition) is 3. The van der Waals surface area contributed by atoms with Crippen LogP contribution in [0.3, 0.4) is 0 Å². The molecule has 0 bridgehead atoms. The van der Waals surface area contributed by atoms with Crippen LogP contribution in [-0.2, 0) is 4.74 Å². The molecule has 1 unspecified atom stereocenters. The highest BCUT2D eigenvalue weighted by Crippen LogP contribution is 2.21. The van der Waals surface area contributed by atoms with Crippen LogP contribution < -0.4 is 10.5 Å². The molecule has 1 aromatic rings. The van der Waals surface area contributed by atoms with Crippen LogP contribution in [0, 0.1) is 5.92 Å². The normalized spacial score (nSPS) is 12.8. The van der Waals surface area contributed by atoms with Crippen LogP contribution in [0.5, 0.6) is 5.75 Å². The first-order valence-corrected chi connectivity index (χ1v) is 5.62. The van der Waals surface area contributed by atoms with Crippen molar-refractivity contribution in [2.75, 3.05) is 20.3 Å². The van der Waals surface area contributed by atoms with Crippen LogP contribution >= 0.6 is 0 Å². The van der Waals surface area contributed by atoms with Gasteiger partial charge in [0.15, 0.2) is 0 Å². The van der Waals surface area contributed by atoms with Crippen molar-refractivity contribution in [1.82, 2.24) is 0 Å². The molecule has 1 rings (SSSR count). The van der Waals surface area contributed by atoms with Crippen molar-refractivity contribution in [2.45, 2.75) is 19.9 Å². The summed E-state index contributed by atoms with van der Waals surface area (Å²) in [6.45, 7) is 5.42. The van der Waals surface area contributed by atoms with Crippen molar-refractivity contribution < 1.29 is 9.47 Å². The van der Waals surface area contributed by atoms with Gasteiger partial charge in [0.05, 0.1) is 6.61 Å². The molecule has 0 radical (unpaired) electrons. The van der Waals surface area contributed by atoms with Crippen LogP contribution in [0.4, 0.5) is 0 Å². The zero-order valence-electron chi connectivity index (χ0n) is 10.3. The largest absolute Gasteiger partial charge is 0.491 e.